The summed E-state index contributed by atoms with van der Waals surface area (Å²) < 4.78 is 11.5. The predicted octanol–water partition coefficient (Wildman–Crippen LogP) is 4.57. The summed E-state index contributed by atoms with van der Waals surface area (Å²) in [5.74, 6) is 2.24. The Hall–Kier alpha value is -3.69. The molecule has 0 atom stereocenters. The molecule has 41 heavy (non-hydrogen) atoms. The lowest BCUT2D eigenvalue weighted by atomic mass is 10.0. The molecule has 216 valence electrons. The monoisotopic (exact) mass is 556 g/mol. The van der Waals surface area contributed by atoms with E-state index < -0.39 is 0 Å². The van der Waals surface area contributed by atoms with E-state index in [0.717, 1.165) is 78.5 Å². The van der Waals surface area contributed by atoms with Crippen molar-refractivity contribution in [2.75, 3.05) is 68.2 Å². The first-order valence-electron chi connectivity index (χ1n) is 14.6. The highest BCUT2D eigenvalue weighted by molar-refractivity contribution is 6.06. The van der Waals surface area contributed by atoms with Crippen molar-refractivity contribution in [3.05, 3.63) is 70.7 Å². The fourth-order valence-corrected chi connectivity index (χ4v) is 6.29. The number of hydrogen-bond donors (Lipinski definition) is 0. The number of anilines is 3. The van der Waals surface area contributed by atoms with Gasteiger partial charge in [-0.25, -0.2) is 14.8 Å². The number of fused-ring (bicyclic) bond motifs is 1. The summed E-state index contributed by atoms with van der Waals surface area (Å²) in [6.45, 7) is 9.96. The Bertz CT molecular complexity index is 1390. The third kappa shape index (κ3) is 5.48. The molecule has 2 saturated heterocycles. The summed E-state index contributed by atoms with van der Waals surface area (Å²) in [5.41, 5.74) is 6.29. The molecule has 3 aliphatic heterocycles. The molecule has 2 fully saturated rings. The van der Waals surface area contributed by atoms with E-state index in [1.54, 1.807) is 7.11 Å². The Morgan fingerprint density at radius 2 is 1.76 bits per heavy atom. The van der Waals surface area contributed by atoms with Crippen molar-refractivity contribution in [1.29, 1.82) is 0 Å². The number of para-hydroxylation sites is 1. The minimum absolute atomic E-state index is 0.0273. The highest BCUT2D eigenvalue weighted by atomic mass is 16.5. The van der Waals surface area contributed by atoms with Crippen LogP contribution in [0.1, 0.15) is 40.9 Å². The van der Waals surface area contributed by atoms with Gasteiger partial charge in [-0.1, -0.05) is 24.3 Å². The van der Waals surface area contributed by atoms with Crippen LogP contribution in [0.4, 0.5) is 22.0 Å². The van der Waals surface area contributed by atoms with Crippen LogP contribution in [0, 0.1) is 13.8 Å². The number of nitrogens with zero attached hydrogens (tertiary/aromatic N) is 6. The molecule has 4 heterocycles. The molecule has 0 spiro atoms. The SMILES string of the molecule is COc1cc(N2CCN(C)CC2)ccc1Cc1ncc2c(n1)N(C1CCOCC1)C(=O)N(c1c(C)cccc1C)C2. The van der Waals surface area contributed by atoms with E-state index in [9.17, 15) is 4.79 Å². The van der Waals surface area contributed by atoms with Gasteiger partial charge < -0.3 is 19.3 Å². The van der Waals surface area contributed by atoms with Gasteiger partial charge in [-0.2, -0.15) is 0 Å². The predicted molar refractivity (Wildman–Crippen MR) is 161 cm³/mol. The number of ether oxygens (including phenoxy) is 2. The number of aryl methyl sites for hydroxylation is 2. The van der Waals surface area contributed by atoms with Crippen LogP contribution in [0.2, 0.25) is 0 Å². The molecule has 0 radical (unpaired) electrons. The maximum atomic E-state index is 14.2. The summed E-state index contributed by atoms with van der Waals surface area (Å²) >= 11 is 0. The zero-order valence-electron chi connectivity index (χ0n) is 24.6. The van der Waals surface area contributed by atoms with Crippen molar-refractivity contribution in [3.63, 3.8) is 0 Å². The largest absolute Gasteiger partial charge is 0.496 e. The first-order chi connectivity index (χ1) is 19.9. The number of rotatable bonds is 6. The topological polar surface area (TPSA) is 74.3 Å². The molecule has 2 aromatic carbocycles. The zero-order chi connectivity index (χ0) is 28.5. The molecule has 1 aromatic heterocycles. The summed E-state index contributed by atoms with van der Waals surface area (Å²) in [7, 11) is 3.88. The van der Waals surface area contributed by atoms with Crippen LogP contribution >= 0.6 is 0 Å². The van der Waals surface area contributed by atoms with Crippen molar-refractivity contribution in [1.82, 2.24) is 14.9 Å². The number of amides is 2. The van der Waals surface area contributed by atoms with Crippen molar-refractivity contribution >= 4 is 23.2 Å². The summed E-state index contributed by atoms with van der Waals surface area (Å²) in [4.78, 5) is 32.6. The van der Waals surface area contributed by atoms with E-state index >= 15 is 0 Å². The van der Waals surface area contributed by atoms with Gasteiger partial charge in [0, 0.05) is 80.9 Å². The number of carbonyl (C=O) groups is 1. The minimum atomic E-state index is -0.0273. The van der Waals surface area contributed by atoms with Gasteiger partial charge in [0.2, 0.25) is 0 Å². The number of aromatic nitrogens is 2. The van der Waals surface area contributed by atoms with Gasteiger partial charge in [-0.15, -0.1) is 0 Å². The van der Waals surface area contributed by atoms with Crippen molar-refractivity contribution in [2.45, 2.75) is 45.7 Å². The smallest absolute Gasteiger partial charge is 0.330 e. The highest BCUT2D eigenvalue weighted by Crippen LogP contribution is 2.37. The average Bonchev–Trinajstić information content (AvgIpc) is 2.98. The van der Waals surface area contributed by atoms with Gasteiger partial charge in [0.05, 0.1) is 19.3 Å². The number of likely N-dealkylation sites (N-methyl/N-ethyl adjacent to an activating group) is 1. The average molecular weight is 557 g/mol. The Kier molecular flexibility index (Phi) is 7.81. The zero-order valence-corrected chi connectivity index (χ0v) is 24.6. The molecule has 0 unspecified atom stereocenters. The van der Waals surface area contributed by atoms with Crippen LogP contribution in [0.3, 0.4) is 0 Å². The van der Waals surface area contributed by atoms with Gasteiger partial charge in [0.25, 0.3) is 0 Å². The third-order valence-electron chi connectivity index (χ3n) is 8.64. The Morgan fingerprint density at radius 1 is 1.02 bits per heavy atom. The molecule has 6 rings (SSSR count). The van der Waals surface area contributed by atoms with E-state index in [1.165, 1.54) is 5.69 Å². The quantitative estimate of drug-likeness (QED) is 0.440. The lowest BCUT2D eigenvalue weighted by Crippen LogP contribution is -2.54. The molecular formula is C32H40N6O3. The molecule has 0 saturated carbocycles. The van der Waals surface area contributed by atoms with Gasteiger partial charge in [-0.3, -0.25) is 9.80 Å². The van der Waals surface area contributed by atoms with Gasteiger partial charge in [0.15, 0.2) is 0 Å². The maximum Gasteiger partial charge on any atom is 0.330 e. The maximum absolute atomic E-state index is 14.2. The number of piperazine rings is 1. The van der Waals surface area contributed by atoms with Crippen LogP contribution in [-0.4, -0.2) is 80.5 Å². The van der Waals surface area contributed by atoms with E-state index in [0.29, 0.717) is 32.0 Å². The number of carbonyl (C=O) groups excluding carboxylic acids is 1. The molecule has 3 aromatic rings. The molecular weight excluding hydrogens is 516 g/mol. The van der Waals surface area contributed by atoms with Gasteiger partial charge in [0.1, 0.15) is 17.4 Å². The summed E-state index contributed by atoms with van der Waals surface area (Å²) in [6, 6.07) is 12.6. The van der Waals surface area contributed by atoms with Crippen molar-refractivity contribution in [2.24, 2.45) is 0 Å². The highest BCUT2D eigenvalue weighted by Gasteiger charge is 2.39. The molecule has 9 heteroatoms. The molecule has 3 aliphatic rings. The number of benzene rings is 2. The Labute approximate surface area is 242 Å². The van der Waals surface area contributed by atoms with E-state index in [-0.39, 0.29) is 12.1 Å². The normalized spacial score (nSPS) is 18.5. The number of methoxy groups -OCH3 is 1. The lowest BCUT2D eigenvalue weighted by molar-refractivity contribution is 0.0854. The molecule has 0 bridgehead atoms. The third-order valence-corrected chi connectivity index (χ3v) is 8.64. The molecule has 9 nitrogen and oxygen atoms in total. The van der Waals surface area contributed by atoms with Crippen LogP contribution in [0.25, 0.3) is 0 Å². The number of urea groups is 1. The molecule has 0 aliphatic carbocycles. The summed E-state index contributed by atoms with van der Waals surface area (Å²) in [6.07, 6.45) is 4.00. The van der Waals surface area contributed by atoms with Crippen molar-refractivity contribution in [3.8, 4) is 5.75 Å². The Morgan fingerprint density at radius 3 is 2.46 bits per heavy atom. The fourth-order valence-electron chi connectivity index (χ4n) is 6.29. The van der Waals surface area contributed by atoms with Crippen LogP contribution < -0.4 is 19.4 Å². The van der Waals surface area contributed by atoms with E-state index in [1.807, 2.05) is 22.1 Å². The van der Waals surface area contributed by atoms with Crippen LogP contribution in [0.15, 0.2) is 42.6 Å². The van der Waals surface area contributed by atoms with Crippen LogP contribution in [0.5, 0.6) is 5.75 Å². The molecule has 2 amide bonds. The second kappa shape index (κ2) is 11.7. The van der Waals surface area contributed by atoms with Crippen molar-refractivity contribution < 1.29 is 14.3 Å². The second-order valence-corrected chi connectivity index (χ2v) is 11.4. The minimum Gasteiger partial charge on any atom is -0.496 e. The van der Waals surface area contributed by atoms with E-state index in [4.69, 9.17) is 19.4 Å². The Balaban J connectivity index is 1.32. The van der Waals surface area contributed by atoms with Crippen LogP contribution in [-0.2, 0) is 17.7 Å². The lowest BCUT2D eigenvalue weighted by Gasteiger charge is -2.42. The standard InChI is InChI=1S/C32H40N6O3/c1-22-6-5-7-23(2)30(22)37-21-25-20-33-29(34-31(25)38(32(37)39)26-10-16-41-17-11-26)18-24-8-9-27(19-28(24)40-4)36-14-12-35(3)13-15-36/h5-9,19-20,26H,10-18,21H2,1-4H3. The second-order valence-electron chi connectivity index (χ2n) is 11.4. The van der Waals surface area contributed by atoms with Gasteiger partial charge >= 0.3 is 6.03 Å². The summed E-state index contributed by atoms with van der Waals surface area (Å²) in [5, 5.41) is 0. The van der Waals surface area contributed by atoms with E-state index in [2.05, 4.69) is 61.0 Å². The first-order valence-corrected chi connectivity index (χ1v) is 14.6. The first kappa shape index (κ1) is 27.5. The van der Waals surface area contributed by atoms with Gasteiger partial charge in [-0.05, 0) is 50.9 Å². The fraction of sp³-hybridized carbons (Fsp3) is 0.469. The molecule has 0 N–H and O–H groups in total. The number of hydrogen-bond acceptors (Lipinski definition) is 7.